The molecule has 170 valence electrons. The number of fused-ring (bicyclic) bond motifs is 1. The molecule has 7 nitrogen and oxygen atoms in total. The third kappa shape index (κ3) is 5.38. The minimum atomic E-state index is -2.89. The van der Waals surface area contributed by atoms with E-state index in [1.807, 2.05) is 13.0 Å². The van der Waals surface area contributed by atoms with E-state index in [4.69, 9.17) is 4.74 Å². The van der Waals surface area contributed by atoms with Crippen LogP contribution in [0.25, 0.3) is 0 Å². The number of benzene rings is 3. The molecular formula is C24H21F2N3O4. The first-order valence-corrected chi connectivity index (χ1v) is 10.2. The number of alkyl halides is 2. The molecule has 1 aliphatic rings. The Kier molecular flexibility index (Phi) is 6.39. The lowest BCUT2D eigenvalue weighted by molar-refractivity contribution is -0.118. The molecule has 0 bridgehead atoms. The second-order valence-corrected chi connectivity index (χ2v) is 7.36. The summed E-state index contributed by atoms with van der Waals surface area (Å²) in [6.07, 6.45) is 0. The van der Waals surface area contributed by atoms with Crippen molar-refractivity contribution >= 4 is 28.9 Å². The van der Waals surface area contributed by atoms with E-state index >= 15 is 0 Å². The number of ether oxygens (including phenoxy) is 2. The van der Waals surface area contributed by atoms with Crippen molar-refractivity contribution in [2.75, 3.05) is 17.2 Å². The minimum Gasteiger partial charge on any atom is -0.482 e. The summed E-state index contributed by atoms with van der Waals surface area (Å²) < 4.78 is 34.4. The summed E-state index contributed by atoms with van der Waals surface area (Å²) in [7, 11) is 0. The highest BCUT2D eigenvalue weighted by atomic mass is 19.3. The highest BCUT2D eigenvalue weighted by molar-refractivity contribution is 6.00. The van der Waals surface area contributed by atoms with Gasteiger partial charge in [0.25, 0.3) is 11.8 Å². The molecule has 4 rings (SSSR count). The van der Waals surface area contributed by atoms with Crippen LogP contribution >= 0.6 is 0 Å². The van der Waals surface area contributed by atoms with Crippen molar-refractivity contribution in [3.63, 3.8) is 0 Å². The van der Waals surface area contributed by atoms with Crippen molar-refractivity contribution in [3.05, 3.63) is 77.9 Å². The van der Waals surface area contributed by atoms with Gasteiger partial charge < -0.3 is 25.4 Å². The Morgan fingerprint density at radius 1 is 1.09 bits per heavy atom. The molecule has 0 aliphatic carbocycles. The normalized spacial score (nSPS) is 13.4. The lowest BCUT2D eigenvalue weighted by Crippen LogP contribution is -2.28. The van der Waals surface area contributed by atoms with Crippen LogP contribution in [0.3, 0.4) is 0 Å². The van der Waals surface area contributed by atoms with Crippen molar-refractivity contribution < 1.29 is 27.8 Å². The van der Waals surface area contributed by atoms with Gasteiger partial charge in [0, 0.05) is 5.69 Å². The van der Waals surface area contributed by atoms with E-state index in [2.05, 4.69) is 20.7 Å². The molecule has 3 aromatic rings. The molecule has 1 heterocycles. The summed E-state index contributed by atoms with van der Waals surface area (Å²) in [6, 6.07) is 17.9. The second kappa shape index (κ2) is 9.56. The molecule has 3 N–H and O–H groups in total. The Balaban J connectivity index is 1.47. The van der Waals surface area contributed by atoms with Crippen LogP contribution in [0.2, 0.25) is 0 Å². The van der Waals surface area contributed by atoms with E-state index in [0.29, 0.717) is 28.4 Å². The monoisotopic (exact) mass is 453 g/mol. The molecule has 0 fully saturated rings. The van der Waals surface area contributed by atoms with Crippen molar-refractivity contribution in [2.45, 2.75) is 19.6 Å². The molecule has 1 unspecified atom stereocenters. The maximum Gasteiger partial charge on any atom is 0.387 e. The van der Waals surface area contributed by atoms with Gasteiger partial charge >= 0.3 is 6.61 Å². The zero-order chi connectivity index (χ0) is 23.4. The van der Waals surface area contributed by atoms with Crippen LogP contribution < -0.4 is 25.4 Å². The molecule has 0 spiro atoms. The molecule has 9 heteroatoms. The molecule has 0 saturated heterocycles. The zero-order valence-corrected chi connectivity index (χ0v) is 17.6. The number of rotatable bonds is 7. The fourth-order valence-electron chi connectivity index (χ4n) is 3.39. The van der Waals surface area contributed by atoms with Crippen LogP contribution in [0.1, 0.15) is 28.9 Å². The smallest absolute Gasteiger partial charge is 0.387 e. The number of carbonyl (C=O) groups is 2. The maximum absolute atomic E-state index is 13.0. The van der Waals surface area contributed by atoms with Gasteiger partial charge in [0.1, 0.15) is 11.5 Å². The summed E-state index contributed by atoms with van der Waals surface area (Å²) in [4.78, 5) is 24.6. The molecule has 0 saturated carbocycles. The summed E-state index contributed by atoms with van der Waals surface area (Å²) >= 11 is 0. The Bertz CT molecular complexity index is 1170. The van der Waals surface area contributed by atoms with Gasteiger partial charge in [-0.05, 0) is 61.0 Å². The van der Waals surface area contributed by atoms with E-state index in [9.17, 15) is 18.4 Å². The number of halogens is 2. The molecule has 2 amide bonds. The van der Waals surface area contributed by atoms with Crippen LogP contribution in [0.5, 0.6) is 11.5 Å². The lowest BCUT2D eigenvalue weighted by atomic mass is 10.1. The highest BCUT2D eigenvalue weighted by Crippen LogP contribution is 2.31. The average molecular weight is 453 g/mol. The lowest BCUT2D eigenvalue weighted by Gasteiger charge is -2.21. The first kappa shape index (κ1) is 22.1. The molecule has 0 radical (unpaired) electrons. The molecular weight excluding hydrogens is 432 g/mol. The third-order valence-corrected chi connectivity index (χ3v) is 5.01. The van der Waals surface area contributed by atoms with Crippen LogP contribution in [0, 0.1) is 0 Å². The first-order valence-electron chi connectivity index (χ1n) is 10.2. The molecule has 0 aromatic heterocycles. The van der Waals surface area contributed by atoms with E-state index < -0.39 is 6.61 Å². The molecule has 1 atom stereocenters. The number of anilines is 3. The van der Waals surface area contributed by atoms with Crippen LogP contribution in [-0.2, 0) is 4.79 Å². The molecule has 33 heavy (non-hydrogen) atoms. The fourth-order valence-corrected chi connectivity index (χ4v) is 3.39. The van der Waals surface area contributed by atoms with Gasteiger partial charge in [-0.2, -0.15) is 8.78 Å². The van der Waals surface area contributed by atoms with Gasteiger partial charge in [0.15, 0.2) is 6.61 Å². The topological polar surface area (TPSA) is 88.7 Å². The largest absolute Gasteiger partial charge is 0.482 e. The Hall–Kier alpha value is -4.14. The van der Waals surface area contributed by atoms with E-state index in [0.717, 1.165) is 5.56 Å². The Morgan fingerprint density at radius 2 is 1.85 bits per heavy atom. The fraction of sp³-hybridized carbons (Fsp3) is 0.167. The van der Waals surface area contributed by atoms with Gasteiger partial charge in [-0.3, -0.25) is 9.59 Å². The van der Waals surface area contributed by atoms with Crippen LogP contribution in [-0.4, -0.2) is 25.0 Å². The summed E-state index contributed by atoms with van der Waals surface area (Å²) in [5, 5.41) is 8.83. The van der Waals surface area contributed by atoms with E-state index in [1.165, 1.54) is 12.1 Å². The Labute approximate surface area is 188 Å². The standard InChI is InChI=1S/C24H21F2N3O4/c1-14(15-6-11-21-20(12-15)29-22(30)13-32-21)27-23(31)18-4-2-3-5-19(18)28-16-7-9-17(10-8-16)33-24(25)26/h2-12,14,24,28H,13H2,1H3,(H,27,31)(H,29,30). The number of hydrogen-bond donors (Lipinski definition) is 3. The molecule has 1 aliphatic heterocycles. The number of amides is 2. The summed E-state index contributed by atoms with van der Waals surface area (Å²) in [6.45, 7) is -1.08. The second-order valence-electron chi connectivity index (χ2n) is 7.36. The number of nitrogens with one attached hydrogen (secondary N) is 3. The van der Waals surface area contributed by atoms with Crippen molar-refractivity contribution in [2.24, 2.45) is 0 Å². The van der Waals surface area contributed by atoms with Crippen molar-refractivity contribution in [1.29, 1.82) is 0 Å². The van der Waals surface area contributed by atoms with E-state index in [1.54, 1.807) is 48.5 Å². The van der Waals surface area contributed by atoms with Crippen LogP contribution in [0.15, 0.2) is 66.7 Å². The molecule has 3 aromatic carbocycles. The predicted molar refractivity (Wildman–Crippen MR) is 119 cm³/mol. The SMILES string of the molecule is CC(NC(=O)c1ccccc1Nc1ccc(OC(F)F)cc1)c1ccc2c(c1)NC(=O)CO2. The summed E-state index contributed by atoms with van der Waals surface area (Å²) in [5.74, 6) is 0.0878. The third-order valence-electron chi connectivity index (χ3n) is 5.01. The van der Waals surface area contributed by atoms with Gasteiger partial charge in [-0.15, -0.1) is 0 Å². The number of carbonyl (C=O) groups excluding carboxylic acids is 2. The first-order chi connectivity index (χ1) is 15.9. The number of para-hydroxylation sites is 1. The van der Waals surface area contributed by atoms with Gasteiger partial charge in [0.2, 0.25) is 0 Å². The minimum absolute atomic E-state index is 0.0234. The number of hydrogen-bond acceptors (Lipinski definition) is 5. The maximum atomic E-state index is 13.0. The zero-order valence-electron chi connectivity index (χ0n) is 17.6. The van der Waals surface area contributed by atoms with Crippen molar-refractivity contribution in [1.82, 2.24) is 5.32 Å². The quantitative estimate of drug-likeness (QED) is 0.476. The van der Waals surface area contributed by atoms with Gasteiger partial charge in [0.05, 0.1) is 23.0 Å². The summed E-state index contributed by atoms with van der Waals surface area (Å²) in [5.41, 5.74) is 2.93. The van der Waals surface area contributed by atoms with Gasteiger partial charge in [-0.25, -0.2) is 0 Å². The van der Waals surface area contributed by atoms with E-state index in [-0.39, 0.29) is 30.2 Å². The average Bonchev–Trinajstić information content (AvgIpc) is 2.79. The predicted octanol–water partition coefficient (Wildman–Crippen LogP) is 4.85. The van der Waals surface area contributed by atoms with Crippen LogP contribution in [0.4, 0.5) is 25.8 Å². The Morgan fingerprint density at radius 3 is 2.61 bits per heavy atom. The van der Waals surface area contributed by atoms with Crippen molar-refractivity contribution in [3.8, 4) is 11.5 Å². The van der Waals surface area contributed by atoms with Gasteiger partial charge in [-0.1, -0.05) is 18.2 Å². The highest BCUT2D eigenvalue weighted by Gasteiger charge is 2.19.